The van der Waals surface area contributed by atoms with Crippen molar-refractivity contribution >= 4 is 38.4 Å². The van der Waals surface area contributed by atoms with Crippen LogP contribution in [-0.4, -0.2) is 9.38 Å². The van der Waals surface area contributed by atoms with Crippen molar-refractivity contribution in [1.29, 1.82) is 0 Å². The van der Waals surface area contributed by atoms with Gasteiger partial charge in [0.1, 0.15) is 5.65 Å². The lowest BCUT2D eigenvalue weighted by Crippen LogP contribution is -2.04. The molecular weight excluding hydrogens is 569 g/mol. The van der Waals surface area contributed by atoms with Crippen molar-refractivity contribution in [2.45, 2.75) is 91.9 Å². The van der Waals surface area contributed by atoms with Gasteiger partial charge in [-0.2, -0.15) is 0 Å². The highest BCUT2D eigenvalue weighted by Crippen LogP contribution is 2.37. The lowest BCUT2D eigenvalue weighted by Gasteiger charge is -2.18. The van der Waals surface area contributed by atoms with Gasteiger partial charge in [-0.15, -0.1) is 0 Å². The Morgan fingerprint density at radius 1 is 0.489 bits per heavy atom. The van der Waals surface area contributed by atoms with E-state index in [0.29, 0.717) is 0 Å². The zero-order chi connectivity index (χ0) is 32.3. The fraction of sp³-hybridized carbons (Fsp3) is 0.311. The monoisotopic (exact) mass is 616 g/mol. The molecule has 2 heteroatoms. The maximum absolute atomic E-state index is 5.48. The summed E-state index contributed by atoms with van der Waals surface area (Å²) in [7, 11) is 0. The topological polar surface area (TPSA) is 17.3 Å². The first kappa shape index (κ1) is 31.2. The van der Waals surface area contributed by atoms with Crippen LogP contribution in [0.25, 0.3) is 60.6 Å². The summed E-state index contributed by atoms with van der Waals surface area (Å²) in [6, 6.07) is 36.8. The maximum Gasteiger partial charge on any atom is 0.145 e. The van der Waals surface area contributed by atoms with E-state index in [9.17, 15) is 0 Å². The highest BCUT2D eigenvalue weighted by atomic mass is 15.0. The van der Waals surface area contributed by atoms with E-state index in [1.807, 2.05) is 0 Å². The van der Waals surface area contributed by atoms with Gasteiger partial charge in [-0.25, -0.2) is 4.98 Å². The molecule has 0 aliphatic carbocycles. The summed E-state index contributed by atoms with van der Waals surface area (Å²) in [6.45, 7) is 9.04. The highest BCUT2D eigenvalue weighted by Gasteiger charge is 2.19. The summed E-state index contributed by atoms with van der Waals surface area (Å²) < 4.78 is 2.48. The van der Waals surface area contributed by atoms with Crippen LogP contribution in [0.1, 0.15) is 88.5 Å². The average molecular weight is 617 g/mol. The normalized spacial score (nSPS) is 11.8. The molecule has 7 rings (SSSR count). The molecule has 0 amide bonds. The molecule has 0 spiro atoms. The molecule has 0 N–H and O–H groups in total. The number of aromatic nitrogens is 2. The van der Waals surface area contributed by atoms with E-state index in [1.54, 1.807) is 0 Å². The van der Waals surface area contributed by atoms with Crippen LogP contribution in [0, 0.1) is 0 Å². The Bertz CT molecular complexity index is 2160. The zero-order valence-electron chi connectivity index (χ0n) is 28.7. The van der Waals surface area contributed by atoms with Gasteiger partial charge in [-0.3, -0.25) is 4.40 Å². The predicted octanol–water partition coefficient (Wildman–Crippen LogP) is 12.7. The van der Waals surface area contributed by atoms with Gasteiger partial charge in [0.05, 0.1) is 16.6 Å². The first-order chi connectivity index (χ1) is 23.1. The molecule has 7 aromatic rings. The molecular formula is C45H48N2. The summed E-state index contributed by atoms with van der Waals surface area (Å²) in [5.74, 6) is 0. The van der Waals surface area contributed by atoms with Crippen LogP contribution in [0.2, 0.25) is 0 Å². The van der Waals surface area contributed by atoms with Crippen LogP contribution >= 0.6 is 0 Å². The lowest BCUT2D eigenvalue weighted by atomic mass is 9.93. The van der Waals surface area contributed by atoms with E-state index in [2.05, 4.69) is 129 Å². The molecule has 0 aliphatic heterocycles. The minimum atomic E-state index is 1.06. The summed E-state index contributed by atoms with van der Waals surface area (Å²) in [4.78, 5) is 5.48. The predicted molar refractivity (Wildman–Crippen MR) is 204 cm³/mol. The van der Waals surface area contributed by atoms with Crippen molar-refractivity contribution in [3.8, 4) is 22.3 Å². The number of nitrogens with zero attached hydrogens (tertiary/aromatic N) is 2. The Kier molecular flexibility index (Phi) is 9.12. The molecule has 2 nitrogen and oxygen atoms in total. The number of aryl methyl sites for hydroxylation is 4. The fourth-order valence-corrected chi connectivity index (χ4v) is 7.43. The van der Waals surface area contributed by atoms with Gasteiger partial charge in [-0.05, 0) is 119 Å². The number of hydrogen-bond acceptors (Lipinski definition) is 1. The standard InChI is InChI=1S/C45H48N2/c1-5-9-11-13-39-40(14-12-10-6-2)44-30-38-28-36(34-21-17-32(8-4)18-22-34)24-26-43(38)47(44)45-41(39)29-37-27-35(23-25-42(37)46-45)33-19-15-31(7-3)16-20-33/h15-30H,5-14H2,1-4H3. The van der Waals surface area contributed by atoms with Crippen LogP contribution in [0.5, 0.6) is 0 Å². The minimum absolute atomic E-state index is 1.06. The Morgan fingerprint density at radius 2 is 1.04 bits per heavy atom. The van der Waals surface area contributed by atoms with Crippen LogP contribution in [0.3, 0.4) is 0 Å². The summed E-state index contributed by atoms with van der Waals surface area (Å²) in [5, 5.41) is 3.83. The molecule has 0 atom stereocenters. The molecule has 0 saturated heterocycles. The molecule has 0 radical (unpaired) electrons. The molecule has 0 fully saturated rings. The van der Waals surface area contributed by atoms with Gasteiger partial charge < -0.3 is 0 Å². The number of pyridine rings is 2. The number of hydrogen-bond donors (Lipinski definition) is 0. The van der Waals surface area contributed by atoms with Gasteiger partial charge in [0.2, 0.25) is 0 Å². The van der Waals surface area contributed by atoms with E-state index in [0.717, 1.165) is 36.8 Å². The van der Waals surface area contributed by atoms with Crippen LogP contribution in [-0.2, 0) is 25.7 Å². The molecule has 0 bridgehead atoms. The van der Waals surface area contributed by atoms with Gasteiger partial charge >= 0.3 is 0 Å². The van der Waals surface area contributed by atoms with Crippen LogP contribution < -0.4 is 0 Å². The summed E-state index contributed by atoms with van der Waals surface area (Å²) >= 11 is 0. The summed E-state index contributed by atoms with van der Waals surface area (Å²) in [6.07, 6.45) is 11.7. The minimum Gasteiger partial charge on any atom is -0.294 e. The Balaban J connectivity index is 1.47. The Morgan fingerprint density at radius 3 is 1.64 bits per heavy atom. The van der Waals surface area contributed by atoms with E-state index in [4.69, 9.17) is 4.98 Å². The molecule has 0 aliphatic rings. The largest absolute Gasteiger partial charge is 0.294 e. The van der Waals surface area contributed by atoms with Crippen molar-refractivity contribution in [3.05, 3.63) is 119 Å². The maximum atomic E-state index is 5.48. The third kappa shape index (κ3) is 6.07. The third-order valence-corrected chi connectivity index (χ3v) is 10.3. The van der Waals surface area contributed by atoms with Crippen molar-refractivity contribution in [1.82, 2.24) is 9.38 Å². The molecule has 238 valence electrons. The average Bonchev–Trinajstić information content (AvgIpc) is 3.50. The number of rotatable bonds is 12. The smallest absolute Gasteiger partial charge is 0.145 e. The van der Waals surface area contributed by atoms with Crippen LogP contribution in [0.15, 0.2) is 97.1 Å². The van der Waals surface area contributed by atoms with Crippen molar-refractivity contribution < 1.29 is 0 Å². The number of benzene rings is 4. The van der Waals surface area contributed by atoms with Gasteiger partial charge in [0, 0.05) is 16.2 Å². The van der Waals surface area contributed by atoms with E-state index in [-0.39, 0.29) is 0 Å². The fourth-order valence-electron chi connectivity index (χ4n) is 7.43. The first-order valence-electron chi connectivity index (χ1n) is 18.1. The SMILES string of the molecule is CCCCCc1c(CCCCC)c2cc3cc(-c4ccc(CC)cc4)ccc3n2c2nc3ccc(-c4ccc(CC)cc4)cc3cc12. The second-order valence-electron chi connectivity index (χ2n) is 13.4. The molecule has 0 unspecified atom stereocenters. The van der Waals surface area contributed by atoms with Crippen molar-refractivity contribution in [2.24, 2.45) is 0 Å². The first-order valence-corrected chi connectivity index (χ1v) is 18.1. The number of unbranched alkanes of at least 4 members (excludes halogenated alkanes) is 4. The number of fused-ring (bicyclic) bond motifs is 6. The molecule has 3 heterocycles. The Labute approximate surface area is 280 Å². The second-order valence-corrected chi connectivity index (χ2v) is 13.4. The zero-order valence-corrected chi connectivity index (χ0v) is 28.7. The lowest BCUT2D eigenvalue weighted by molar-refractivity contribution is 0.696. The van der Waals surface area contributed by atoms with E-state index < -0.39 is 0 Å². The van der Waals surface area contributed by atoms with Gasteiger partial charge in [-0.1, -0.05) is 114 Å². The molecule has 3 aromatic heterocycles. The van der Waals surface area contributed by atoms with Crippen molar-refractivity contribution in [2.75, 3.05) is 0 Å². The Hall–Kier alpha value is -4.43. The van der Waals surface area contributed by atoms with Crippen LogP contribution in [0.4, 0.5) is 0 Å². The molecule has 4 aromatic carbocycles. The summed E-state index contributed by atoms with van der Waals surface area (Å²) in [5.41, 5.74) is 15.6. The van der Waals surface area contributed by atoms with E-state index >= 15 is 0 Å². The van der Waals surface area contributed by atoms with E-state index in [1.165, 1.54) is 110 Å². The molecule has 0 saturated carbocycles. The molecule has 47 heavy (non-hydrogen) atoms. The van der Waals surface area contributed by atoms with Crippen molar-refractivity contribution in [3.63, 3.8) is 0 Å². The second kappa shape index (κ2) is 13.7. The third-order valence-electron chi connectivity index (χ3n) is 10.3. The van der Waals surface area contributed by atoms with Gasteiger partial charge in [0.15, 0.2) is 0 Å². The quantitative estimate of drug-likeness (QED) is 0.0986. The highest BCUT2D eigenvalue weighted by molar-refractivity contribution is 6.02. The van der Waals surface area contributed by atoms with Gasteiger partial charge in [0.25, 0.3) is 0 Å².